The Morgan fingerprint density at radius 3 is 2.23 bits per heavy atom. The van der Waals surface area contributed by atoms with E-state index in [4.69, 9.17) is 4.99 Å². The van der Waals surface area contributed by atoms with Gasteiger partial charge in [0.25, 0.3) is 0 Å². The Morgan fingerprint density at radius 1 is 1.00 bits per heavy atom. The van der Waals surface area contributed by atoms with Crippen LogP contribution in [0, 0.1) is 0 Å². The zero-order chi connectivity index (χ0) is 15.8. The predicted octanol–water partition coefficient (Wildman–Crippen LogP) is 0.602. The van der Waals surface area contributed by atoms with Crippen LogP contribution < -0.4 is 5.32 Å². The second-order valence-electron chi connectivity index (χ2n) is 6.13. The first kappa shape index (κ1) is 17.1. The molecule has 1 amide bonds. The number of hydrogen-bond acceptors (Lipinski definition) is 3. The highest BCUT2D eigenvalue weighted by atomic mass is 16.2. The van der Waals surface area contributed by atoms with E-state index in [1.807, 2.05) is 4.90 Å². The molecule has 0 spiro atoms. The normalized spacial score (nSPS) is 21.1. The number of piperidine rings is 1. The minimum atomic E-state index is 0.173. The molecule has 1 N–H and O–H groups in total. The van der Waals surface area contributed by atoms with Crippen LogP contribution in [0.15, 0.2) is 4.99 Å². The Kier molecular flexibility index (Phi) is 6.96. The van der Waals surface area contributed by atoms with Crippen molar-refractivity contribution < 1.29 is 4.79 Å². The molecule has 0 unspecified atom stereocenters. The molecule has 6 nitrogen and oxygen atoms in total. The Bertz CT molecular complexity index is 371. The maximum atomic E-state index is 11.4. The number of amides is 1. The summed E-state index contributed by atoms with van der Waals surface area (Å²) in [6.45, 7) is 12.3. The molecule has 0 bridgehead atoms. The molecule has 0 aromatic rings. The molecular weight excluding hydrogens is 278 g/mol. The van der Waals surface area contributed by atoms with Crippen molar-refractivity contribution in [3.05, 3.63) is 0 Å². The fraction of sp³-hybridized carbons (Fsp3) is 0.875. The van der Waals surface area contributed by atoms with Gasteiger partial charge in [-0.2, -0.15) is 0 Å². The predicted molar refractivity (Wildman–Crippen MR) is 90.1 cm³/mol. The summed E-state index contributed by atoms with van der Waals surface area (Å²) in [5.74, 6) is 1.18. The SMILES string of the molecule is CCNC(=NCCN1CCCCC1)N1CCN(C(C)=O)CC1. The molecule has 6 heteroatoms. The summed E-state index contributed by atoms with van der Waals surface area (Å²) in [7, 11) is 0. The highest BCUT2D eigenvalue weighted by molar-refractivity contribution is 5.80. The molecule has 126 valence electrons. The van der Waals surface area contributed by atoms with E-state index in [1.165, 1.54) is 32.4 Å². The lowest BCUT2D eigenvalue weighted by molar-refractivity contribution is -0.130. The van der Waals surface area contributed by atoms with E-state index in [0.29, 0.717) is 0 Å². The minimum absolute atomic E-state index is 0.173. The van der Waals surface area contributed by atoms with E-state index < -0.39 is 0 Å². The van der Waals surface area contributed by atoms with E-state index in [-0.39, 0.29) is 5.91 Å². The van der Waals surface area contributed by atoms with Crippen LogP contribution >= 0.6 is 0 Å². The van der Waals surface area contributed by atoms with Crippen LogP contribution in [-0.4, -0.2) is 85.5 Å². The first-order valence-corrected chi connectivity index (χ1v) is 8.72. The van der Waals surface area contributed by atoms with Crippen LogP contribution in [-0.2, 0) is 4.79 Å². The van der Waals surface area contributed by atoms with Crippen LogP contribution in [0.5, 0.6) is 0 Å². The second-order valence-corrected chi connectivity index (χ2v) is 6.13. The van der Waals surface area contributed by atoms with Gasteiger partial charge in [-0.25, -0.2) is 0 Å². The number of rotatable bonds is 4. The van der Waals surface area contributed by atoms with Gasteiger partial charge in [0, 0.05) is 46.2 Å². The molecule has 2 heterocycles. The molecule has 2 rings (SSSR count). The lowest BCUT2D eigenvalue weighted by atomic mass is 10.1. The molecule has 0 aromatic carbocycles. The van der Waals surface area contributed by atoms with E-state index in [0.717, 1.165) is 51.8 Å². The van der Waals surface area contributed by atoms with Crippen molar-refractivity contribution in [2.75, 3.05) is 58.9 Å². The maximum absolute atomic E-state index is 11.4. The lowest BCUT2D eigenvalue weighted by Crippen LogP contribution is -2.53. The lowest BCUT2D eigenvalue weighted by Gasteiger charge is -2.36. The van der Waals surface area contributed by atoms with Crippen LogP contribution in [0.3, 0.4) is 0 Å². The monoisotopic (exact) mass is 309 g/mol. The molecule has 0 saturated carbocycles. The van der Waals surface area contributed by atoms with Crippen LogP contribution in [0.2, 0.25) is 0 Å². The molecule has 2 aliphatic heterocycles. The van der Waals surface area contributed by atoms with Crippen molar-refractivity contribution in [1.82, 2.24) is 20.0 Å². The van der Waals surface area contributed by atoms with Gasteiger partial charge < -0.3 is 20.0 Å². The molecule has 0 radical (unpaired) electrons. The quantitative estimate of drug-likeness (QED) is 0.610. The summed E-state index contributed by atoms with van der Waals surface area (Å²) in [5, 5.41) is 3.39. The third-order valence-corrected chi connectivity index (χ3v) is 4.49. The summed E-state index contributed by atoms with van der Waals surface area (Å²) in [5.41, 5.74) is 0. The van der Waals surface area contributed by atoms with Crippen molar-refractivity contribution in [3.63, 3.8) is 0 Å². The van der Waals surface area contributed by atoms with E-state index in [1.54, 1.807) is 6.92 Å². The zero-order valence-corrected chi connectivity index (χ0v) is 14.2. The molecule has 2 saturated heterocycles. The summed E-state index contributed by atoms with van der Waals surface area (Å²) in [6, 6.07) is 0. The summed E-state index contributed by atoms with van der Waals surface area (Å²) < 4.78 is 0. The third-order valence-electron chi connectivity index (χ3n) is 4.49. The highest BCUT2D eigenvalue weighted by Gasteiger charge is 2.20. The van der Waals surface area contributed by atoms with Gasteiger partial charge in [-0.15, -0.1) is 0 Å². The number of nitrogens with one attached hydrogen (secondary N) is 1. The standard InChI is InChI=1S/C16H31N5O/c1-3-17-16(18-7-10-19-8-5-4-6-9-19)21-13-11-20(12-14-21)15(2)22/h3-14H2,1-2H3,(H,17,18). The Hall–Kier alpha value is -1.30. The molecule has 0 aromatic heterocycles. The van der Waals surface area contributed by atoms with E-state index >= 15 is 0 Å². The molecule has 0 aliphatic carbocycles. The summed E-state index contributed by atoms with van der Waals surface area (Å²) in [6.07, 6.45) is 4.04. The summed E-state index contributed by atoms with van der Waals surface area (Å²) >= 11 is 0. The van der Waals surface area contributed by atoms with Gasteiger partial charge in [0.1, 0.15) is 0 Å². The minimum Gasteiger partial charge on any atom is -0.357 e. The van der Waals surface area contributed by atoms with Gasteiger partial charge in [0.2, 0.25) is 5.91 Å². The smallest absolute Gasteiger partial charge is 0.219 e. The van der Waals surface area contributed by atoms with Gasteiger partial charge >= 0.3 is 0 Å². The number of guanidine groups is 1. The number of nitrogens with zero attached hydrogens (tertiary/aromatic N) is 4. The number of hydrogen-bond donors (Lipinski definition) is 1. The largest absolute Gasteiger partial charge is 0.357 e. The number of aliphatic imine (C=N–C) groups is 1. The fourth-order valence-corrected chi connectivity index (χ4v) is 3.14. The third kappa shape index (κ3) is 5.16. The molecule has 2 aliphatic rings. The topological polar surface area (TPSA) is 51.2 Å². The average molecular weight is 309 g/mol. The number of likely N-dealkylation sites (tertiary alicyclic amines) is 1. The zero-order valence-electron chi connectivity index (χ0n) is 14.2. The first-order valence-electron chi connectivity index (χ1n) is 8.72. The van der Waals surface area contributed by atoms with Crippen LogP contribution in [0.25, 0.3) is 0 Å². The average Bonchev–Trinajstić information content (AvgIpc) is 2.55. The van der Waals surface area contributed by atoms with Gasteiger partial charge in [0.05, 0.1) is 6.54 Å². The Balaban J connectivity index is 1.80. The van der Waals surface area contributed by atoms with Gasteiger partial charge in [-0.05, 0) is 32.9 Å². The molecular formula is C16H31N5O. The van der Waals surface area contributed by atoms with Gasteiger partial charge in [-0.1, -0.05) is 6.42 Å². The molecule has 0 atom stereocenters. The van der Waals surface area contributed by atoms with Crippen molar-refractivity contribution >= 4 is 11.9 Å². The maximum Gasteiger partial charge on any atom is 0.219 e. The van der Waals surface area contributed by atoms with Gasteiger partial charge in [-0.3, -0.25) is 9.79 Å². The number of piperazine rings is 1. The van der Waals surface area contributed by atoms with E-state index in [2.05, 4.69) is 22.0 Å². The van der Waals surface area contributed by atoms with Crippen LogP contribution in [0.4, 0.5) is 0 Å². The first-order chi connectivity index (χ1) is 10.7. The second kappa shape index (κ2) is 8.98. The number of carbonyl (C=O) groups is 1. The van der Waals surface area contributed by atoms with Crippen molar-refractivity contribution in [3.8, 4) is 0 Å². The molecule has 2 fully saturated rings. The summed E-state index contributed by atoms with van der Waals surface area (Å²) in [4.78, 5) is 22.9. The van der Waals surface area contributed by atoms with E-state index in [9.17, 15) is 4.79 Å². The fourth-order valence-electron chi connectivity index (χ4n) is 3.14. The highest BCUT2D eigenvalue weighted by Crippen LogP contribution is 2.08. The number of carbonyl (C=O) groups excluding carboxylic acids is 1. The van der Waals surface area contributed by atoms with Gasteiger partial charge in [0.15, 0.2) is 5.96 Å². The van der Waals surface area contributed by atoms with Crippen molar-refractivity contribution in [1.29, 1.82) is 0 Å². The Labute approximate surface area is 134 Å². The Morgan fingerprint density at radius 2 is 1.64 bits per heavy atom. The molecule has 22 heavy (non-hydrogen) atoms. The van der Waals surface area contributed by atoms with Crippen molar-refractivity contribution in [2.24, 2.45) is 4.99 Å². The van der Waals surface area contributed by atoms with Crippen LogP contribution in [0.1, 0.15) is 33.1 Å². The van der Waals surface area contributed by atoms with Crippen molar-refractivity contribution in [2.45, 2.75) is 33.1 Å².